The summed E-state index contributed by atoms with van der Waals surface area (Å²) >= 11 is 0. The Morgan fingerprint density at radius 2 is 1.16 bits per heavy atom. The summed E-state index contributed by atoms with van der Waals surface area (Å²) in [5, 5.41) is 12.6. The molecule has 0 spiro atoms. The minimum Gasteiger partial charge on any atom is -0.463 e. The van der Waals surface area contributed by atoms with Crippen molar-refractivity contribution >= 4 is 19.7 Å². The zero-order chi connectivity index (χ0) is 36.1. The summed E-state index contributed by atoms with van der Waals surface area (Å²) in [6, 6.07) is 0. The zero-order valence-electron chi connectivity index (χ0n) is 30.6. The standard InChI is InChI=1S/C39H68NO8P/c1-3-5-7-9-11-13-15-17-18-20-21-23-25-27-29-31-38(42)40-33-34-47-49(44,45)48-36-37(41)35-46-39(43)32-30-28-26-24-22-19-16-14-12-10-8-6-4-2/h6,8,11-14,17-19,22,37,41H,3-5,7,9-10,15-16,20-21,23-36H2,1-2H3,(H,40,42)(H,44,45)/b8-6-,13-11-,14-12-,18-17-,22-19-. The number of aliphatic hydroxyl groups excluding tert-OH is 1. The molecule has 0 aliphatic rings. The highest BCUT2D eigenvalue weighted by Gasteiger charge is 2.23. The van der Waals surface area contributed by atoms with Crippen LogP contribution < -0.4 is 5.32 Å². The molecule has 2 atom stereocenters. The number of phosphoric ester groups is 1. The number of hydrogen-bond donors (Lipinski definition) is 3. The molecule has 0 aromatic heterocycles. The van der Waals surface area contributed by atoms with Crippen LogP contribution >= 0.6 is 7.82 Å². The third-order valence-electron chi connectivity index (χ3n) is 7.43. The lowest BCUT2D eigenvalue weighted by Gasteiger charge is -2.15. The van der Waals surface area contributed by atoms with Gasteiger partial charge in [-0.05, 0) is 77.0 Å². The first kappa shape index (κ1) is 46.7. The highest BCUT2D eigenvalue weighted by molar-refractivity contribution is 7.47. The molecule has 0 aliphatic carbocycles. The minimum absolute atomic E-state index is 0.0675. The van der Waals surface area contributed by atoms with Gasteiger partial charge in [0.2, 0.25) is 5.91 Å². The first-order valence-corrected chi connectivity index (χ1v) is 20.3. The van der Waals surface area contributed by atoms with E-state index in [1.807, 2.05) is 0 Å². The van der Waals surface area contributed by atoms with Crippen molar-refractivity contribution in [2.45, 2.75) is 148 Å². The second-order valence-electron chi connectivity index (χ2n) is 12.2. The number of rotatable bonds is 34. The lowest BCUT2D eigenvalue weighted by atomic mass is 10.1. The van der Waals surface area contributed by atoms with Crippen molar-refractivity contribution in [2.24, 2.45) is 0 Å². The number of carbonyl (C=O) groups is 2. The van der Waals surface area contributed by atoms with Gasteiger partial charge in [-0.1, -0.05) is 113 Å². The van der Waals surface area contributed by atoms with Gasteiger partial charge in [0.05, 0.1) is 13.2 Å². The lowest BCUT2D eigenvalue weighted by molar-refractivity contribution is -0.147. The Labute approximate surface area is 298 Å². The fraction of sp³-hybridized carbons (Fsp3) is 0.692. The van der Waals surface area contributed by atoms with Crippen LogP contribution in [0.3, 0.4) is 0 Å². The van der Waals surface area contributed by atoms with Crippen molar-refractivity contribution in [3.63, 3.8) is 0 Å². The van der Waals surface area contributed by atoms with Crippen LogP contribution in [-0.2, 0) is 27.9 Å². The molecule has 0 aromatic rings. The summed E-state index contributed by atoms with van der Waals surface area (Å²) in [4.78, 5) is 33.7. The molecular weight excluding hydrogens is 641 g/mol. The van der Waals surface area contributed by atoms with Gasteiger partial charge in [-0.25, -0.2) is 4.57 Å². The number of hydrogen-bond acceptors (Lipinski definition) is 7. The summed E-state index contributed by atoms with van der Waals surface area (Å²) in [5.74, 6) is -0.567. The SMILES string of the molecule is CC/C=C\C/C=C\C/C=C\CCCCCC(=O)OCC(O)COP(=O)(O)OCCNC(=O)CCCCCCC/C=C\C/C=C\CCCCC. The van der Waals surface area contributed by atoms with Crippen molar-refractivity contribution < 1.29 is 37.9 Å². The molecule has 1 amide bonds. The van der Waals surface area contributed by atoms with Crippen LogP contribution in [0.4, 0.5) is 0 Å². The number of nitrogens with one attached hydrogen (secondary N) is 1. The van der Waals surface area contributed by atoms with E-state index >= 15 is 0 Å². The van der Waals surface area contributed by atoms with Gasteiger partial charge >= 0.3 is 13.8 Å². The Hall–Kier alpha value is -2.29. The third-order valence-corrected chi connectivity index (χ3v) is 8.42. The van der Waals surface area contributed by atoms with E-state index < -0.39 is 26.5 Å². The van der Waals surface area contributed by atoms with Crippen LogP contribution in [0.1, 0.15) is 142 Å². The fourth-order valence-electron chi connectivity index (χ4n) is 4.60. The van der Waals surface area contributed by atoms with E-state index in [0.717, 1.165) is 83.5 Å². The van der Waals surface area contributed by atoms with E-state index in [-0.39, 0.29) is 32.1 Å². The van der Waals surface area contributed by atoms with Gasteiger partial charge < -0.3 is 20.1 Å². The molecule has 0 fully saturated rings. The molecule has 0 heterocycles. The van der Waals surface area contributed by atoms with E-state index in [1.165, 1.54) is 25.7 Å². The number of amides is 1. The van der Waals surface area contributed by atoms with Crippen molar-refractivity contribution in [2.75, 3.05) is 26.4 Å². The maximum absolute atomic E-state index is 12.0. The highest BCUT2D eigenvalue weighted by Crippen LogP contribution is 2.42. The smallest absolute Gasteiger partial charge is 0.463 e. The highest BCUT2D eigenvalue weighted by atomic mass is 31.2. The number of allylic oxidation sites excluding steroid dienone is 10. The Bertz CT molecular complexity index is 992. The van der Waals surface area contributed by atoms with Gasteiger partial charge in [0, 0.05) is 19.4 Å². The molecule has 0 saturated heterocycles. The number of carbonyl (C=O) groups excluding carboxylic acids is 2. The molecule has 0 saturated carbocycles. The molecule has 0 aromatic carbocycles. The van der Waals surface area contributed by atoms with Gasteiger partial charge in [-0.2, -0.15) is 0 Å². The van der Waals surface area contributed by atoms with E-state index in [2.05, 4.69) is 79.9 Å². The summed E-state index contributed by atoms with van der Waals surface area (Å²) < 4.78 is 26.7. The molecular formula is C39H68NO8P. The third kappa shape index (κ3) is 36.8. The number of phosphoric acid groups is 1. The summed E-state index contributed by atoms with van der Waals surface area (Å²) in [5.41, 5.74) is 0. The summed E-state index contributed by atoms with van der Waals surface area (Å²) in [6.07, 6.45) is 40.1. The van der Waals surface area contributed by atoms with E-state index in [1.54, 1.807) is 0 Å². The van der Waals surface area contributed by atoms with Crippen molar-refractivity contribution in [1.29, 1.82) is 0 Å². The van der Waals surface area contributed by atoms with Crippen LogP contribution in [0.5, 0.6) is 0 Å². The van der Waals surface area contributed by atoms with Gasteiger partial charge in [-0.15, -0.1) is 0 Å². The Kier molecular flexibility index (Phi) is 33.9. The average molecular weight is 710 g/mol. The van der Waals surface area contributed by atoms with E-state index in [4.69, 9.17) is 13.8 Å². The van der Waals surface area contributed by atoms with Crippen LogP contribution in [0.25, 0.3) is 0 Å². The minimum atomic E-state index is -4.42. The maximum Gasteiger partial charge on any atom is 0.472 e. The molecule has 0 radical (unpaired) electrons. The average Bonchev–Trinajstić information content (AvgIpc) is 3.08. The molecule has 49 heavy (non-hydrogen) atoms. The quantitative estimate of drug-likeness (QED) is 0.0261. The van der Waals surface area contributed by atoms with Gasteiger partial charge in [0.25, 0.3) is 0 Å². The number of unbranched alkanes of at least 4 members (excludes halogenated alkanes) is 11. The number of ether oxygens (including phenoxy) is 1. The number of esters is 1. The molecule has 3 N–H and O–H groups in total. The first-order valence-electron chi connectivity index (χ1n) is 18.8. The van der Waals surface area contributed by atoms with Gasteiger partial charge in [0.1, 0.15) is 12.7 Å². The van der Waals surface area contributed by atoms with Crippen LogP contribution in [0.15, 0.2) is 60.8 Å². The van der Waals surface area contributed by atoms with Crippen molar-refractivity contribution in [3.8, 4) is 0 Å². The lowest BCUT2D eigenvalue weighted by Crippen LogP contribution is -2.27. The fourth-order valence-corrected chi connectivity index (χ4v) is 5.36. The Morgan fingerprint density at radius 3 is 1.78 bits per heavy atom. The predicted molar refractivity (Wildman–Crippen MR) is 201 cm³/mol. The molecule has 2 unspecified atom stereocenters. The van der Waals surface area contributed by atoms with Crippen LogP contribution in [0.2, 0.25) is 0 Å². The molecule has 10 heteroatoms. The molecule has 0 aliphatic heterocycles. The first-order chi connectivity index (χ1) is 23.8. The van der Waals surface area contributed by atoms with E-state index in [9.17, 15) is 24.2 Å². The van der Waals surface area contributed by atoms with Crippen molar-refractivity contribution in [3.05, 3.63) is 60.8 Å². The molecule has 0 rings (SSSR count). The van der Waals surface area contributed by atoms with Crippen LogP contribution in [0, 0.1) is 0 Å². The zero-order valence-corrected chi connectivity index (χ0v) is 31.5. The van der Waals surface area contributed by atoms with E-state index in [0.29, 0.717) is 12.8 Å². The topological polar surface area (TPSA) is 131 Å². The second-order valence-corrected chi connectivity index (χ2v) is 13.6. The predicted octanol–water partition coefficient (Wildman–Crippen LogP) is 9.76. The second kappa shape index (κ2) is 35.5. The molecule has 9 nitrogen and oxygen atoms in total. The molecule has 282 valence electrons. The maximum atomic E-state index is 12.0. The van der Waals surface area contributed by atoms with Crippen molar-refractivity contribution in [1.82, 2.24) is 5.32 Å². The molecule has 0 bridgehead atoms. The van der Waals surface area contributed by atoms with Gasteiger partial charge in [-0.3, -0.25) is 18.6 Å². The monoisotopic (exact) mass is 709 g/mol. The van der Waals surface area contributed by atoms with Gasteiger partial charge in [0.15, 0.2) is 0 Å². The summed E-state index contributed by atoms with van der Waals surface area (Å²) in [7, 11) is -4.42. The Balaban J connectivity index is 3.70. The normalized spacial score (nSPS) is 14.1. The number of aliphatic hydroxyl groups is 1. The largest absolute Gasteiger partial charge is 0.472 e. The summed E-state index contributed by atoms with van der Waals surface area (Å²) in [6.45, 7) is 3.33. The van der Waals surface area contributed by atoms with Crippen LogP contribution in [-0.4, -0.2) is 54.3 Å². The Morgan fingerprint density at radius 1 is 0.653 bits per heavy atom.